The molecular weight excluding hydrogens is 250 g/mol. The number of methoxy groups -OCH3 is 1. The molecule has 1 aromatic rings. The summed E-state index contributed by atoms with van der Waals surface area (Å²) in [5, 5.41) is 3.43. The Labute approximate surface area is 122 Å². The largest absolute Gasteiger partial charge is 0.497 e. The van der Waals surface area contributed by atoms with Gasteiger partial charge in [0.1, 0.15) is 5.75 Å². The molecule has 0 aromatic heterocycles. The van der Waals surface area contributed by atoms with Gasteiger partial charge in [0, 0.05) is 12.6 Å². The Bertz CT molecular complexity index is 371. The van der Waals surface area contributed by atoms with Crippen LogP contribution in [0.5, 0.6) is 5.75 Å². The van der Waals surface area contributed by atoms with Crippen LogP contribution in [-0.4, -0.2) is 32.9 Å². The summed E-state index contributed by atoms with van der Waals surface area (Å²) in [6.45, 7) is 0.964. The third-order valence-corrected chi connectivity index (χ3v) is 4.15. The van der Waals surface area contributed by atoms with Crippen LogP contribution < -0.4 is 10.1 Å². The zero-order valence-corrected chi connectivity index (χ0v) is 12.7. The Kier molecular flexibility index (Phi) is 6.34. The Morgan fingerprint density at radius 3 is 2.75 bits per heavy atom. The fourth-order valence-electron chi connectivity index (χ4n) is 2.86. The van der Waals surface area contributed by atoms with Crippen LogP contribution in [-0.2, 0) is 11.2 Å². The van der Waals surface area contributed by atoms with Crippen molar-refractivity contribution in [3.63, 3.8) is 0 Å². The van der Waals surface area contributed by atoms with Gasteiger partial charge in [0.15, 0.2) is 0 Å². The van der Waals surface area contributed by atoms with E-state index >= 15 is 0 Å². The van der Waals surface area contributed by atoms with E-state index in [1.165, 1.54) is 37.7 Å². The van der Waals surface area contributed by atoms with Crippen molar-refractivity contribution in [2.24, 2.45) is 0 Å². The maximum atomic E-state index is 5.68. The first-order valence-electron chi connectivity index (χ1n) is 7.73. The quantitative estimate of drug-likeness (QED) is 0.791. The van der Waals surface area contributed by atoms with Gasteiger partial charge in [0.2, 0.25) is 0 Å². The zero-order chi connectivity index (χ0) is 14.2. The average Bonchev–Trinajstić information content (AvgIpc) is 3.00. The minimum atomic E-state index is 0.522. The first-order chi connectivity index (χ1) is 9.81. The highest BCUT2D eigenvalue weighted by molar-refractivity contribution is 5.27. The van der Waals surface area contributed by atoms with E-state index in [0.717, 1.165) is 18.8 Å². The summed E-state index contributed by atoms with van der Waals surface area (Å²) >= 11 is 0. The van der Waals surface area contributed by atoms with E-state index in [9.17, 15) is 0 Å². The Morgan fingerprint density at radius 2 is 2.15 bits per heavy atom. The van der Waals surface area contributed by atoms with E-state index in [-0.39, 0.29) is 0 Å². The second-order valence-corrected chi connectivity index (χ2v) is 5.60. The highest BCUT2D eigenvalue weighted by atomic mass is 16.5. The summed E-state index contributed by atoms with van der Waals surface area (Å²) in [5.74, 6) is 0.924. The molecule has 0 amide bonds. The van der Waals surface area contributed by atoms with Crippen LogP contribution in [0.3, 0.4) is 0 Å². The molecule has 1 aromatic carbocycles. The molecule has 1 fully saturated rings. The summed E-state index contributed by atoms with van der Waals surface area (Å²) in [4.78, 5) is 0. The number of benzene rings is 1. The van der Waals surface area contributed by atoms with Crippen molar-refractivity contribution in [3.8, 4) is 5.75 Å². The predicted molar refractivity (Wildman–Crippen MR) is 82.4 cm³/mol. The molecule has 0 bridgehead atoms. The molecule has 2 unspecified atom stereocenters. The molecule has 0 spiro atoms. The number of likely N-dealkylation sites (N-methyl/N-ethyl adjacent to an activating group) is 1. The van der Waals surface area contributed by atoms with Crippen LogP contribution >= 0.6 is 0 Å². The summed E-state index contributed by atoms with van der Waals surface area (Å²) in [5.41, 5.74) is 1.36. The molecule has 3 nitrogen and oxygen atoms in total. The van der Waals surface area contributed by atoms with E-state index in [4.69, 9.17) is 9.47 Å². The molecule has 112 valence electrons. The zero-order valence-electron chi connectivity index (χ0n) is 12.7. The van der Waals surface area contributed by atoms with Gasteiger partial charge in [0.05, 0.1) is 13.2 Å². The third kappa shape index (κ3) is 4.80. The first-order valence-corrected chi connectivity index (χ1v) is 7.73. The molecule has 1 saturated heterocycles. The van der Waals surface area contributed by atoms with Crippen LogP contribution in [0.4, 0.5) is 0 Å². The average molecular weight is 277 g/mol. The van der Waals surface area contributed by atoms with Crippen LogP contribution in [0.15, 0.2) is 24.3 Å². The molecule has 0 saturated carbocycles. The minimum Gasteiger partial charge on any atom is -0.497 e. The van der Waals surface area contributed by atoms with Crippen molar-refractivity contribution in [1.29, 1.82) is 0 Å². The van der Waals surface area contributed by atoms with E-state index in [1.807, 2.05) is 12.1 Å². The number of rotatable bonds is 8. The molecule has 0 radical (unpaired) electrons. The van der Waals surface area contributed by atoms with Gasteiger partial charge in [-0.15, -0.1) is 0 Å². The molecule has 2 atom stereocenters. The van der Waals surface area contributed by atoms with Crippen molar-refractivity contribution < 1.29 is 9.47 Å². The van der Waals surface area contributed by atoms with Gasteiger partial charge in [-0.25, -0.2) is 0 Å². The lowest BCUT2D eigenvalue weighted by Crippen LogP contribution is -2.27. The van der Waals surface area contributed by atoms with Gasteiger partial charge in [0.25, 0.3) is 0 Å². The molecule has 1 N–H and O–H groups in total. The van der Waals surface area contributed by atoms with Crippen LogP contribution in [0.25, 0.3) is 0 Å². The monoisotopic (exact) mass is 277 g/mol. The van der Waals surface area contributed by atoms with Gasteiger partial charge >= 0.3 is 0 Å². The molecule has 3 heteroatoms. The molecule has 1 aliphatic heterocycles. The Morgan fingerprint density at radius 1 is 1.35 bits per heavy atom. The van der Waals surface area contributed by atoms with Crippen molar-refractivity contribution in [1.82, 2.24) is 5.32 Å². The maximum absolute atomic E-state index is 5.68. The fraction of sp³-hybridized carbons (Fsp3) is 0.647. The van der Waals surface area contributed by atoms with Crippen molar-refractivity contribution in [2.75, 3.05) is 20.8 Å². The van der Waals surface area contributed by atoms with E-state index in [2.05, 4.69) is 24.5 Å². The van der Waals surface area contributed by atoms with Gasteiger partial charge in [-0.2, -0.15) is 0 Å². The topological polar surface area (TPSA) is 30.5 Å². The number of nitrogens with one attached hydrogen (secondary N) is 1. The lowest BCUT2D eigenvalue weighted by atomic mass is 9.99. The smallest absolute Gasteiger partial charge is 0.118 e. The van der Waals surface area contributed by atoms with Crippen LogP contribution in [0.1, 0.15) is 37.7 Å². The van der Waals surface area contributed by atoms with Crippen LogP contribution in [0.2, 0.25) is 0 Å². The van der Waals surface area contributed by atoms with E-state index in [1.54, 1.807) is 7.11 Å². The Balaban J connectivity index is 1.72. The highest BCUT2D eigenvalue weighted by Gasteiger charge is 2.16. The summed E-state index contributed by atoms with van der Waals surface area (Å²) < 4.78 is 10.9. The maximum Gasteiger partial charge on any atom is 0.118 e. The van der Waals surface area contributed by atoms with Crippen LogP contribution in [0, 0.1) is 0 Å². The van der Waals surface area contributed by atoms with E-state index in [0.29, 0.717) is 12.1 Å². The summed E-state index contributed by atoms with van der Waals surface area (Å²) in [6, 6.07) is 8.93. The van der Waals surface area contributed by atoms with E-state index < -0.39 is 0 Å². The van der Waals surface area contributed by atoms with Gasteiger partial charge < -0.3 is 14.8 Å². The van der Waals surface area contributed by atoms with Crippen molar-refractivity contribution in [2.45, 2.75) is 50.7 Å². The lowest BCUT2D eigenvalue weighted by molar-refractivity contribution is 0.101. The standard InChI is InChI=1S/C17H27NO2/c1-18-15(5-3-6-17-7-4-12-20-17)13-14-8-10-16(19-2)11-9-14/h8-11,15,17-18H,3-7,12-13H2,1-2H3. The fourth-order valence-corrected chi connectivity index (χ4v) is 2.86. The predicted octanol–water partition coefficient (Wildman–Crippen LogP) is 3.18. The van der Waals surface area contributed by atoms with Gasteiger partial charge in [-0.1, -0.05) is 12.1 Å². The first kappa shape index (κ1) is 15.3. The molecular formula is C17H27NO2. The number of ether oxygens (including phenoxy) is 2. The summed E-state index contributed by atoms with van der Waals surface area (Å²) in [6.07, 6.45) is 7.75. The molecule has 20 heavy (non-hydrogen) atoms. The van der Waals surface area contributed by atoms with Gasteiger partial charge in [-0.05, 0) is 63.3 Å². The minimum absolute atomic E-state index is 0.522. The SMILES string of the molecule is CNC(CCCC1CCCO1)Cc1ccc(OC)cc1. The molecule has 1 aliphatic rings. The Hall–Kier alpha value is -1.06. The lowest BCUT2D eigenvalue weighted by Gasteiger charge is -2.17. The number of hydrogen-bond acceptors (Lipinski definition) is 3. The summed E-state index contributed by atoms with van der Waals surface area (Å²) in [7, 11) is 3.76. The second-order valence-electron chi connectivity index (χ2n) is 5.60. The normalized spacial score (nSPS) is 20.0. The van der Waals surface area contributed by atoms with Gasteiger partial charge in [-0.3, -0.25) is 0 Å². The molecule has 0 aliphatic carbocycles. The third-order valence-electron chi connectivity index (χ3n) is 4.15. The second kappa shape index (κ2) is 8.28. The number of hydrogen-bond donors (Lipinski definition) is 1. The van der Waals surface area contributed by atoms with Crippen molar-refractivity contribution in [3.05, 3.63) is 29.8 Å². The van der Waals surface area contributed by atoms with Crippen molar-refractivity contribution >= 4 is 0 Å². The molecule has 2 rings (SSSR count). The highest BCUT2D eigenvalue weighted by Crippen LogP contribution is 2.19. The molecule has 1 heterocycles.